The maximum absolute atomic E-state index is 11.7. The quantitative estimate of drug-likeness (QED) is 0.641. The van der Waals surface area contributed by atoms with Crippen LogP contribution in [-0.2, 0) is 14.8 Å². The summed E-state index contributed by atoms with van der Waals surface area (Å²) in [5.41, 5.74) is 0. The largest absolute Gasteiger partial charge is 0.297 e. The number of anilines is 1. The molecule has 0 aliphatic heterocycles. The van der Waals surface area contributed by atoms with Crippen LogP contribution in [-0.4, -0.2) is 24.5 Å². The van der Waals surface area contributed by atoms with Crippen LogP contribution in [0.15, 0.2) is 16.5 Å². The predicted octanol–water partition coefficient (Wildman–Crippen LogP) is 1.26. The molecule has 1 fully saturated rings. The summed E-state index contributed by atoms with van der Waals surface area (Å²) in [4.78, 5) is 11.7. The molecule has 3 N–H and O–H groups in total. The first-order valence-corrected chi connectivity index (χ1v) is 8.67. The van der Waals surface area contributed by atoms with Crippen molar-refractivity contribution in [3.8, 4) is 0 Å². The van der Waals surface area contributed by atoms with Crippen LogP contribution in [0.1, 0.15) is 32.1 Å². The average Bonchev–Trinajstić information content (AvgIpc) is 2.86. The van der Waals surface area contributed by atoms with Crippen LogP contribution in [0.4, 0.5) is 5.13 Å². The van der Waals surface area contributed by atoms with Crippen molar-refractivity contribution in [1.82, 2.24) is 10.2 Å². The molecule has 110 valence electrons. The van der Waals surface area contributed by atoms with Gasteiger partial charge < -0.3 is 0 Å². The van der Waals surface area contributed by atoms with Crippen LogP contribution in [0.25, 0.3) is 0 Å². The lowest BCUT2D eigenvalue weighted by Crippen LogP contribution is -2.11. The highest BCUT2D eigenvalue weighted by molar-refractivity contribution is 7.91. The van der Waals surface area contributed by atoms with Crippen LogP contribution in [0.3, 0.4) is 0 Å². The molecule has 1 aromatic rings. The Morgan fingerprint density at radius 3 is 2.60 bits per heavy atom. The minimum absolute atomic E-state index is 0.118. The van der Waals surface area contributed by atoms with E-state index in [2.05, 4.69) is 15.5 Å². The molecule has 1 aliphatic carbocycles. The first-order chi connectivity index (χ1) is 9.45. The third kappa shape index (κ3) is 4.36. The maximum Gasteiger partial charge on any atom is 0.267 e. The van der Waals surface area contributed by atoms with E-state index in [1.807, 2.05) is 6.08 Å². The van der Waals surface area contributed by atoms with E-state index in [4.69, 9.17) is 5.14 Å². The van der Waals surface area contributed by atoms with Gasteiger partial charge >= 0.3 is 0 Å². The zero-order valence-electron chi connectivity index (χ0n) is 10.8. The highest BCUT2D eigenvalue weighted by Gasteiger charge is 2.16. The summed E-state index contributed by atoms with van der Waals surface area (Å²) in [6.07, 6.45) is 9.24. The van der Waals surface area contributed by atoms with Crippen molar-refractivity contribution in [3.63, 3.8) is 0 Å². The molecule has 0 saturated heterocycles. The number of carbonyl (C=O) groups excluding carboxylic acids is 1. The molecule has 7 nitrogen and oxygen atoms in total. The molecule has 0 unspecified atom stereocenters. The minimum atomic E-state index is -3.87. The molecule has 0 aromatic carbocycles. The summed E-state index contributed by atoms with van der Waals surface area (Å²) in [6.45, 7) is 0. The van der Waals surface area contributed by atoms with Crippen molar-refractivity contribution >= 4 is 32.4 Å². The van der Waals surface area contributed by atoms with Crippen molar-refractivity contribution in [2.45, 2.75) is 36.4 Å². The van der Waals surface area contributed by atoms with E-state index >= 15 is 0 Å². The smallest absolute Gasteiger partial charge is 0.267 e. The predicted molar refractivity (Wildman–Crippen MR) is 75.6 cm³/mol. The standard InChI is InChI=1S/C11H16N4O3S2/c12-20(17,18)11-15-14-10(19-11)13-9(16)7-6-8-4-2-1-3-5-8/h6-8H,1-5H2,(H2,12,17,18)(H,13,14,16). The van der Waals surface area contributed by atoms with E-state index < -0.39 is 10.0 Å². The molecule has 20 heavy (non-hydrogen) atoms. The SMILES string of the molecule is NS(=O)(=O)c1nnc(NC(=O)C=CC2CCCCC2)s1. The number of primary sulfonamides is 1. The van der Waals surface area contributed by atoms with Gasteiger partial charge in [0.2, 0.25) is 15.4 Å². The van der Waals surface area contributed by atoms with Gasteiger partial charge in [0.1, 0.15) is 0 Å². The molecule has 0 radical (unpaired) electrons. The number of sulfonamides is 1. The Bertz CT molecular complexity index is 603. The number of allylic oxidation sites excluding steroid dienone is 1. The molecule has 1 aromatic heterocycles. The Morgan fingerprint density at radius 1 is 1.30 bits per heavy atom. The summed E-state index contributed by atoms with van der Waals surface area (Å²) in [7, 11) is -3.87. The highest BCUT2D eigenvalue weighted by atomic mass is 32.2. The van der Waals surface area contributed by atoms with Gasteiger partial charge in [0, 0.05) is 0 Å². The second-order valence-electron chi connectivity index (χ2n) is 4.66. The van der Waals surface area contributed by atoms with E-state index in [0.29, 0.717) is 5.92 Å². The van der Waals surface area contributed by atoms with Crippen LogP contribution in [0.5, 0.6) is 0 Å². The van der Waals surface area contributed by atoms with Crippen LogP contribution in [0, 0.1) is 5.92 Å². The molecule has 1 saturated carbocycles. The number of nitrogens with one attached hydrogen (secondary N) is 1. The summed E-state index contributed by atoms with van der Waals surface area (Å²) >= 11 is 0.729. The van der Waals surface area contributed by atoms with Crippen molar-refractivity contribution < 1.29 is 13.2 Å². The molecule has 2 rings (SSSR count). The zero-order valence-corrected chi connectivity index (χ0v) is 12.4. The van der Waals surface area contributed by atoms with Gasteiger partial charge in [-0.2, -0.15) is 0 Å². The van der Waals surface area contributed by atoms with E-state index in [9.17, 15) is 13.2 Å². The van der Waals surface area contributed by atoms with Gasteiger partial charge in [0.15, 0.2) is 0 Å². The molecular weight excluding hydrogens is 300 g/mol. The molecular formula is C11H16N4O3S2. The Hall–Kier alpha value is -1.32. The molecule has 0 bridgehead atoms. The van der Waals surface area contributed by atoms with Gasteiger partial charge in [0.05, 0.1) is 0 Å². The summed E-state index contributed by atoms with van der Waals surface area (Å²) in [5.74, 6) is 0.108. The van der Waals surface area contributed by atoms with Gasteiger partial charge in [0.25, 0.3) is 10.0 Å². The van der Waals surface area contributed by atoms with Crippen LogP contribution < -0.4 is 10.5 Å². The van der Waals surface area contributed by atoms with E-state index in [1.165, 1.54) is 25.3 Å². The lowest BCUT2D eigenvalue weighted by atomic mass is 9.89. The van der Waals surface area contributed by atoms with Crippen LogP contribution in [0.2, 0.25) is 0 Å². The monoisotopic (exact) mass is 316 g/mol. The van der Waals surface area contributed by atoms with E-state index in [0.717, 1.165) is 24.2 Å². The molecule has 1 heterocycles. The molecule has 1 amide bonds. The van der Waals surface area contributed by atoms with Crippen molar-refractivity contribution in [3.05, 3.63) is 12.2 Å². The van der Waals surface area contributed by atoms with Gasteiger partial charge in [-0.05, 0) is 24.8 Å². The molecule has 9 heteroatoms. The molecule has 1 aliphatic rings. The van der Waals surface area contributed by atoms with Gasteiger partial charge in [-0.3, -0.25) is 10.1 Å². The zero-order chi connectivity index (χ0) is 14.6. The number of hydrogen-bond donors (Lipinski definition) is 2. The lowest BCUT2D eigenvalue weighted by Gasteiger charge is -2.17. The fraction of sp³-hybridized carbons (Fsp3) is 0.545. The number of amides is 1. The van der Waals surface area contributed by atoms with Crippen molar-refractivity contribution in [2.24, 2.45) is 11.1 Å². The number of carbonyl (C=O) groups is 1. The Balaban J connectivity index is 1.91. The van der Waals surface area contributed by atoms with Gasteiger partial charge in [-0.25, -0.2) is 13.6 Å². The van der Waals surface area contributed by atoms with Gasteiger partial charge in [-0.15, -0.1) is 10.2 Å². The fourth-order valence-electron chi connectivity index (χ4n) is 2.07. The highest BCUT2D eigenvalue weighted by Crippen LogP contribution is 2.24. The third-order valence-electron chi connectivity index (χ3n) is 3.05. The fourth-order valence-corrected chi connectivity index (χ4v) is 3.41. The number of hydrogen-bond acceptors (Lipinski definition) is 6. The summed E-state index contributed by atoms with van der Waals surface area (Å²) in [5, 5.41) is 14.5. The number of nitrogens with two attached hydrogens (primary N) is 1. The molecule has 0 spiro atoms. The first kappa shape index (κ1) is 15.1. The van der Waals surface area contributed by atoms with Gasteiger partial charge in [-0.1, -0.05) is 36.7 Å². The minimum Gasteiger partial charge on any atom is -0.297 e. The number of rotatable bonds is 4. The van der Waals surface area contributed by atoms with E-state index in [-0.39, 0.29) is 15.4 Å². The number of aromatic nitrogens is 2. The van der Waals surface area contributed by atoms with Crippen molar-refractivity contribution in [1.29, 1.82) is 0 Å². The van der Waals surface area contributed by atoms with Crippen LogP contribution >= 0.6 is 11.3 Å². The summed E-state index contributed by atoms with van der Waals surface area (Å²) < 4.78 is 21.7. The third-order valence-corrected chi connectivity index (χ3v) is 5.20. The second-order valence-corrected chi connectivity index (χ2v) is 7.38. The van der Waals surface area contributed by atoms with E-state index in [1.54, 1.807) is 0 Å². The number of nitrogens with zero attached hydrogens (tertiary/aromatic N) is 2. The normalized spacial score (nSPS) is 17.4. The second kappa shape index (κ2) is 6.42. The maximum atomic E-state index is 11.7. The first-order valence-electron chi connectivity index (χ1n) is 6.30. The lowest BCUT2D eigenvalue weighted by molar-refractivity contribution is -0.111. The average molecular weight is 316 g/mol. The summed E-state index contributed by atoms with van der Waals surface area (Å²) in [6, 6.07) is 0. The van der Waals surface area contributed by atoms with Crippen molar-refractivity contribution in [2.75, 3.05) is 5.32 Å². The Labute approximate surface area is 121 Å². The topological polar surface area (TPSA) is 115 Å². The Morgan fingerprint density at radius 2 is 2.00 bits per heavy atom. The Kier molecular flexibility index (Phi) is 4.84. The molecule has 0 atom stereocenters.